The summed E-state index contributed by atoms with van der Waals surface area (Å²) in [6.45, 7) is 0.976. The molecule has 1 aliphatic rings. The van der Waals surface area contributed by atoms with Gasteiger partial charge in [-0.3, -0.25) is 0 Å². The molecule has 0 amide bonds. The molecule has 1 fully saturated rings. The van der Waals surface area contributed by atoms with Crippen LogP contribution in [0.3, 0.4) is 0 Å². The lowest BCUT2D eigenvalue weighted by Crippen LogP contribution is -2.15. The van der Waals surface area contributed by atoms with Crippen molar-refractivity contribution in [2.75, 3.05) is 30.0 Å². The Labute approximate surface area is 108 Å². The molecule has 2 heterocycles. The third kappa shape index (κ3) is 2.79. The fraction of sp³-hybridized carbons (Fsp3) is 0.600. The highest BCUT2D eigenvalue weighted by molar-refractivity contribution is 9.10. The second kappa shape index (κ2) is 5.72. The molecule has 2 N–H and O–H groups in total. The summed E-state index contributed by atoms with van der Waals surface area (Å²) in [5.41, 5.74) is 0. The zero-order chi connectivity index (χ0) is 11.4. The van der Waals surface area contributed by atoms with Crippen LogP contribution in [-0.2, 0) is 0 Å². The summed E-state index contributed by atoms with van der Waals surface area (Å²) in [6, 6.07) is 0. The molecule has 0 spiro atoms. The molecule has 1 saturated heterocycles. The van der Waals surface area contributed by atoms with Gasteiger partial charge in [-0.25, -0.2) is 9.97 Å². The predicted octanol–water partition coefficient (Wildman–Crippen LogP) is 2.59. The monoisotopic (exact) mass is 302 g/mol. The van der Waals surface area contributed by atoms with Crippen LogP contribution in [0.25, 0.3) is 0 Å². The number of nitrogens with one attached hydrogen (secondary N) is 2. The van der Waals surface area contributed by atoms with E-state index in [9.17, 15) is 0 Å². The first-order valence-electron chi connectivity index (χ1n) is 5.35. The highest BCUT2D eigenvalue weighted by atomic mass is 79.9. The summed E-state index contributed by atoms with van der Waals surface area (Å²) < 4.78 is 0.903. The first-order chi connectivity index (χ1) is 7.81. The number of nitrogens with zero attached hydrogens (tertiary/aromatic N) is 2. The van der Waals surface area contributed by atoms with Gasteiger partial charge < -0.3 is 10.6 Å². The maximum Gasteiger partial charge on any atom is 0.145 e. The van der Waals surface area contributed by atoms with Crippen molar-refractivity contribution >= 4 is 39.3 Å². The maximum absolute atomic E-state index is 4.23. The van der Waals surface area contributed by atoms with E-state index in [4.69, 9.17) is 0 Å². The second-order valence-corrected chi connectivity index (χ2v) is 5.85. The maximum atomic E-state index is 4.23. The molecule has 0 bridgehead atoms. The molecule has 2 rings (SSSR count). The van der Waals surface area contributed by atoms with Crippen molar-refractivity contribution in [1.29, 1.82) is 0 Å². The summed E-state index contributed by atoms with van der Waals surface area (Å²) >= 11 is 5.53. The molecular formula is C10H15BrN4S. The first kappa shape index (κ1) is 12.0. The number of thioether (sulfide) groups is 1. The Bertz CT molecular complexity index is 355. The molecule has 6 heteroatoms. The average Bonchev–Trinajstić information content (AvgIpc) is 2.81. The van der Waals surface area contributed by atoms with Crippen LogP contribution in [0.1, 0.15) is 12.8 Å². The van der Waals surface area contributed by atoms with Crippen LogP contribution in [0.5, 0.6) is 0 Å². The fourth-order valence-electron chi connectivity index (χ4n) is 1.68. The lowest BCUT2D eigenvalue weighted by molar-refractivity contribution is 0.802. The highest BCUT2D eigenvalue weighted by Crippen LogP contribution is 2.29. The van der Waals surface area contributed by atoms with Crippen molar-refractivity contribution in [1.82, 2.24) is 9.97 Å². The molecule has 0 saturated carbocycles. The van der Waals surface area contributed by atoms with Crippen LogP contribution < -0.4 is 10.6 Å². The molecule has 1 aromatic rings. The van der Waals surface area contributed by atoms with Gasteiger partial charge in [0.25, 0.3) is 0 Å². The summed E-state index contributed by atoms with van der Waals surface area (Å²) in [7, 11) is 1.85. The Kier molecular flexibility index (Phi) is 4.29. The van der Waals surface area contributed by atoms with E-state index < -0.39 is 0 Å². The number of halogens is 1. The molecule has 1 aliphatic heterocycles. The summed E-state index contributed by atoms with van der Waals surface area (Å²) in [5.74, 6) is 2.97. The standard InChI is InChI=1S/C10H15BrN4S/c1-12-9-8(11)10(15-6-14-9)13-5-7-3-2-4-16-7/h6-7H,2-5H2,1H3,(H2,12,13,14,15). The Morgan fingerprint density at radius 1 is 1.50 bits per heavy atom. The smallest absolute Gasteiger partial charge is 0.145 e. The molecule has 0 aliphatic carbocycles. The van der Waals surface area contributed by atoms with Crippen molar-refractivity contribution < 1.29 is 0 Å². The summed E-state index contributed by atoms with van der Waals surface area (Å²) in [6.07, 6.45) is 4.21. The van der Waals surface area contributed by atoms with Gasteiger partial charge in [0, 0.05) is 18.8 Å². The van der Waals surface area contributed by atoms with Crippen molar-refractivity contribution in [2.45, 2.75) is 18.1 Å². The Balaban J connectivity index is 1.97. The minimum absolute atomic E-state index is 0.722. The summed E-state index contributed by atoms with van der Waals surface area (Å²) in [5, 5.41) is 7.11. The lowest BCUT2D eigenvalue weighted by atomic mass is 10.2. The Morgan fingerprint density at radius 3 is 3.00 bits per heavy atom. The molecular weight excluding hydrogens is 288 g/mol. The molecule has 0 aromatic carbocycles. The van der Waals surface area contributed by atoms with Gasteiger partial charge in [-0.05, 0) is 34.5 Å². The van der Waals surface area contributed by atoms with Crippen molar-refractivity contribution in [3.05, 3.63) is 10.8 Å². The Hall–Kier alpha value is -0.490. The minimum Gasteiger partial charge on any atom is -0.372 e. The van der Waals surface area contributed by atoms with E-state index >= 15 is 0 Å². The Morgan fingerprint density at radius 2 is 2.31 bits per heavy atom. The van der Waals surface area contributed by atoms with Crippen LogP contribution in [0.15, 0.2) is 10.8 Å². The first-order valence-corrected chi connectivity index (χ1v) is 7.19. The number of anilines is 2. The van der Waals surface area contributed by atoms with E-state index in [1.165, 1.54) is 18.6 Å². The molecule has 1 unspecified atom stereocenters. The molecule has 1 atom stereocenters. The zero-order valence-electron chi connectivity index (χ0n) is 9.16. The number of hydrogen-bond acceptors (Lipinski definition) is 5. The fourth-order valence-corrected chi connectivity index (χ4v) is 3.43. The van der Waals surface area contributed by atoms with E-state index in [0.717, 1.165) is 27.9 Å². The van der Waals surface area contributed by atoms with Crippen LogP contribution in [-0.4, -0.2) is 34.6 Å². The number of aromatic nitrogens is 2. The molecule has 88 valence electrons. The average molecular weight is 303 g/mol. The van der Waals surface area contributed by atoms with E-state index in [1.807, 2.05) is 18.8 Å². The normalized spacial score (nSPS) is 19.8. The van der Waals surface area contributed by atoms with E-state index in [0.29, 0.717) is 0 Å². The van der Waals surface area contributed by atoms with Gasteiger partial charge in [-0.1, -0.05) is 0 Å². The van der Waals surface area contributed by atoms with Crippen molar-refractivity contribution in [2.24, 2.45) is 0 Å². The number of rotatable bonds is 4. The quantitative estimate of drug-likeness (QED) is 0.895. The van der Waals surface area contributed by atoms with E-state index in [1.54, 1.807) is 6.33 Å². The second-order valence-electron chi connectivity index (χ2n) is 3.65. The van der Waals surface area contributed by atoms with E-state index in [-0.39, 0.29) is 0 Å². The highest BCUT2D eigenvalue weighted by Gasteiger charge is 2.16. The van der Waals surface area contributed by atoms with Gasteiger partial charge in [0.2, 0.25) is 0 Å². The topological polar surface area (TPSA) is 49.8 Å². The van der Waals surface area contributed by atoms with Gasteiger partial charge in [0.1, 0.15) is 22.4 Å². The number of hydrogen-bond donors (Lipinski definition) is 2. The van der Waals surface area contributed by atoms with E-state index in [2.05, 4.69) is 36.5 Å². The van der Waals surface area contributed by atoms with Crippen molar-refractivity contribution in [3.63, 3.8) is 0 Å². The third-order valence-corrected chi connectivity index (χ3v) is 4.70. The van der Waals surface area contributed by atoms with Gasteiger partial charge in [0.15, 0.2) is 0 Å². The van der Waals surface area contributed by atoms with Crippen LogP contribution >= 0.6 is 27.7 Å². The van der Waals surface area contributed by atoms with Gasteiger partial charge >= 0.3 is 0 Å². The summed E-state index contributed by atoms with van der Waals surface area (Å²) in [4.78, 5) is 8.35. The third-order valence-electron chi connectivity index (χ3n) is 2.55. The molecule has 4 nitrogen and oxygen atoms in total. The lowest BCUT2D eigenvalue weighted by Gasteiger charge is -2.12. The zero-order valence-corrected chi connectivity index (χ0v) is 11.6. The molecule has 16 heavy (non-hydrogen) atoms. The van der Waals surface area contributed by atoms with Crippen LogP contribution in [0, 0.1) is 0 Å². The largest absolute Gasteiger partial charge is 0.372 e. The predicted molar refractivity (Wildman–Crippen MR) is 73.2 cm³/mol. The van der Waals surface area contributed by atoms with Crippen LogP contribution in [0.4, 0.5) is 11.6 Å². The minimum atomic E-state index is 0.722. The van der Waals surface area contributed by atoms with Crippen molar-refractivity contribution in [3.8, 4) is 0 Å². The SMILES string of the molecule is CNc1ncnc(NCC2CCCS2)c1Br. The molecule has 0 radical (unpaired) electrons. The van der Waals surface area contributed by atoms with Crippen LogP contribution in [0.2, 0.25) is 0 Å². The van der Waals surface area contributed by atoms with Gasteiger partial charge in [-0.2, -0.15) is 11.8 Å². The van der Waals surface area contributed by atoms with Gasteiger partial charge in [0.05, 0.1) is 0 Å². The van der Waals surface area contributed by atoms with Gasteiger partial charge in [-0.15, -0.1) is 0 Å². The molecule has 1 aromatic heterocycles.